The van der Waals surface area contributed by atoms with Gasteiger partial charge in [0.05, 0.1) is 0 Å². The van der Waals surface area contributed by atoms with Crippen molar-refractivity contribution in [3.63, 3.8) is 0 Å². The van der Waals surface area contributed by atoms with Crippen LogP contribution in [0.4, 0.5) is 0 Å². The average molecular weight is 141 g/mol. The number of hydrogen-bond acceptors (Lipinski definition) is 2. The van der Waals surface area contributed by atoms with Crippen LogP contribution in [-0.2, 0) is 0 Å². The Kier molecular flexibility index (Phi) is 5.83. The quantitative estimate of drug-likeness (QED) is 0.277. The summed E-state index contributed by atoms with van der Waals surface area (Å²) in [5.41, 5.74) is 0. The van der Waals surface area contributed by atoms with Crippen LogP contribution < -0.4 is 0 Å². The van der Waals surface area contributed by atoms with Gasteiger partial charge in [0.2, 0.25) is 0 Å². The summed E-state index contributed by atoms with van der Waals surface area (Å²) >= 11 is 0. The van der Waals surface area contributed by atoms with E-state index in [2.05, 4.69) is 18.2 Å². The first-order chi connectivity index (χ1) is 4.81. The predicted octanol–water partition coefficient (Wildman–Crippen LogP) is 2.44. The molecule has 1 N–H and O–H groups in total. The third-order valence-corrected chi connectivity index (χ3v) is 1.36. The van der Waals surface area contributed by atoms with E-state index in [1.807, 2.05) is 13.0 Å². The minimum absolute atomic E-state index is 0.576. The normalized spacial score (nSPS) is 15.0. The fourth-order valence-corrected chi connectivity index (χ4v) is 0.692. The van der Waals surface area contributed by atoms with E-state index in [0.29, 0.717) is 5.92 Å². The second-order valence-electron chi connectivity index (χ2n) is 2.44. The minimum atomic E-state index is 0.576. The largest absolute Gasteiger partial charge is 0.411 e. The second kappa shape index (κ2) is 6.33. The maximum atomic E-state index is 8.09. The maximum absolute atomic E-state index is 8.09. The first-order valence-corrected chi connectivity index (χ1v) is 3.58. The summed E-state index contributed by atoms with van der Waals surface area (Å²) in [6.45, 7) is 4.13. The summed E-state index contributed by atoms with van der Waals surface area (Å²) in [7, 11) is 0. The standard InChI is InChI=1S/C8H15NO/c1-3-4-5-8(2)6-7-9-10/h3-4,7-8,10H,5-6H2,1-2H3/b4-3+,9-7+. The molecular formula is C8H15NO. The summed E-state index contributed by atoms with van der Waals surface area (Å²) < 4.78 is 0. The maximum Gasteiger partial charge on any atom is 0.0438 e. The average Bonchev–Trinajstić information content (AvgIpc) is 1.97. The van der Waals surface area contributed by atoms with E-state index in [0.717, 1.165) is 12.8 Å². The van der Waals surface area contributed by atoms with Gasteiger partial charge in [0.1, 0.15) is 0 Å². The molecule has 0 aliphatic rings. The lowest BCUT2D eigenvalue weighted by Gasteiger charge is -2.01. The van der Waals surface area contributed by atoms with Crippen LogP contribution >= 0.6 is 0 Å². The zero-order valence-corrected chi connectivity index (χ0v) is 6.62. The van der Waals surface area contributed by atoms with Crippen LogP contribution in [0.2, 0.25) is 0 Å². The van der Waals surface area contributed by atoms with Crippen molar-refractivity contribution in [1.29, 1.82) is 0 Å². The summed E-state index contributed by atoms with van der Waals surface area (Å²) in [4.78, 5) is 0. The molecule has 0 heterocycles. The molecule has 0 fully saturated rings. The summed E-state index contributed by atoms with van der Waals surface area (Å²) in [5, 5.41) is 11.0. The van der Waals surface area contributed by atoms with Crippen LogP contribution in [0.1, 0.15) is 26.7 Å². The Hall–Kier alpha value is -0.790. The van der Waals surface area contributed by atoms with Gasteiger partial charge in [0, 0.05) is 6.21 Å². The van der Waals surface area contributed by atoms with Gasteiger partial charge in [-0.3, -0.25) is 0 Å². The van der Waals surface area contributed by atoms with Gasteiger partial charge in [0.25, 0.3) is 0 Å². The van der Waals surface area contributed by atoms with Crippen LogP contribution in [0.3, 0.4) is 0 Å². The van der Waals surface area contributed by atoms with Crippen molar-refractivity contribution < 1.29 is 5.21 Å². The lowest BCUT2D eigenvalue weighted by atomic mass is 10.1. The monoisotopic (exact) mass is 141 g/mol. The van der Waals surface area contributed by atoms with Gasteiger partial charge in [-0.05, 0) is 25.7 Å². The molecule has 0 bridgehead atoms. The Labute approximate surface area is 62.2 Å². The lowest BCUT2D eigenvalue weighted by molar-refractivity contribution is 0.319. The molecule has 0 saturated heterocycles. The molecule has 0 radical (unpaired) electrons. The van der Waals surface area contributed by atoms with Gasteiger partial charge in [-0.1, -0.05) is 19.1 Å². The number of nitrogens with zero attached hydrogens (tertiary/aromatic N) is 1. The molecule has 0 rings (SSSR count). The Bertz CT molecular complexity index is 104. The Morgan fingerprint density at radius 3 is 2.70 bits per heavy atom. The zero-order chi connectivity index (χ0) is 7.82. The molecule has 10 heavy (non-hydrogen) atoms. The molecule has 0 aliphatic heterocycles. The van der Waals surface area contributed by atoms with E-state index in [9.17, 15) is 0 Å². The molecule has 0 amide bonds. The van der Waals surface area contributed by atoms with Crippen molar-refractivity contribution in [3.8, 4) is 0 Å². The van der Waals surface area contributed by atoms with Gasteiger partial charge in [-0.2, -0.15) is 0 Å². The van der Waals surface area contributed by atoms with Crippen LogP contribution in [0.15, 0.2) is 17.3 Å². The molecule has 58 valence electrons. The van der Waals surface area contributed by atoms with Crippen molar-refractivity contribution in [1.82, 2.24) is 0 Å². The fraction of sp³-hybridized carbons (Fsp3) is 0.625. The van der Waals surface area contributed by atoms with Crippen LogP contribution in [-0.4, -0.2) is 11.4 Å². The lowest BCUT2D eigenvalue weighted by Crippen LogP contribution is -1.92. The third kappa shape index (κ3) is 5.35. The highest BCUT2D eigenvalue weighted by atomic mass is 16.4. The topological polar surface area (TPSA) is 32.6 Å². The molecule has 1 unspecified atom stereocenters. The van der Waals surface area contributed by atoms with Gasteiger partial charge < -0.3 is 5.21 Å². The van der Waals surface area contributed by atoms with Crippen molar-refractivity contribution in [2.45, 2.75) is 26.7 Å². The van der Waals surface area contributed by atoms with Crippen LogP contribution in [0.25, 0.3) is 0 Å². The van der Waals surface area contributed by atoms with Crippen LogP contribution in [0.5, 0.6) is 0 Å². The van der Waals surface area contributed by atoms with Gasteiger partial charge in [0.15, 0.2) is 0 Å². The smallest absolute Gasteiger partial charge is 0.0438 e. The van der Waals surface area contributed by atoms with E-state index in [-0.39, 0.29) is 0 Å². The van der Waals surface area contributed by atoms with Crippen LogP contribution in [0, 0.1) is 5.92 Å². The summed E-state index contributed by atoms with van der Waals surface area (Å²) in [5.74, 6) is 0.576. The molecule has 1 atom stereocenters. The second-order valence-corrected chi connectivity index (χ2v) is 2.44. The highest BCUT2D eigenvalue weighted by Gasteiger charge is 1.95. The Balaban J connectivity index is 3.33. The first kappa shape index (κ1) is 9.21. The first-order valence-electron chi connectivity index (χ1n) is 3.58. The van der Waals surface area contributed by atoms with Gasteiger partial charge in [-0.15, -0.1) is 5.16 Å². The molecule has 2 heteroatoms. The highest BCUT2D eigenvalue weighted by molar-refractivity contribution is 5.56. The van der Waals surface area contributed by atoms with E-state index in [1.54, 1.807) is 0 Å². The molecule has 0 saturated carbocycles. The fourth-order valence-electron chi connectivity index (χ4n) is 0.692. The van der Waals surface area contributed by atoms with Gasteiger partial charge >= 0.3 is 0 Å². The number of rotatable bonds is 4. The Morgan fingerprint density at radius 2 is 2.20 bits per heavy atom. The van der Waals surface area contributed by atoms with E-state index in [1.165, 1.54) is 6.21 Å². The van der Waals surface area contributed by atoms with E-state index >= 15 is 0 Å². The molecule has 0 aliphatic carbocycles. The third-order valence-electron chi connectivity index (χ3n) is 1.36. The minimum Gasteiger partial charge on any atom is -0.411 e. The SMILES string of the molecule is C/C=C/CC(C)C/C=N/O. The molecule has 2 nitrogen and oxygen atoms in total. The molecule has 0 aromatic rings. The zero-order valence-electron chi connectivity index (χ0n) is 6.62. The van der Waals surface area contributed by atoms with Crippen molar-refractivity contribution in [2.75, 3.05) is 0 Å². The highest BCUT2D eigenvalue weighted by Crippen LogP contribution is 2.05. The van der Waals surface area contributed by atoms with Crippen molar-refractivity contribution in [2.24, 2.45) is 11.1 Å². The van der Waals surface area contributed by atoms with E-state index < -0.39 is 0 Å². The number of allylic oxidation sites excluding steroid dienone is 2. The van der Waals surface area contributed by atoms with E-state index in [4.69, 9.17) is 5.21 Å². The molecular weight excluding hydrogens is 126 g/mol. The number of hydrogen-bond donors (Lipinski definition) is 1. The number of oxime groups is 1. The predicted molar refractivity (Wildman–Crippen MR) is 43.5 cm³/mol. The summed E-state index contributed by atoms with van der Waals surface area (Å²) in [6.07, 6.45) is 7.60. The summed E-state index contributed by atoms with van der Waals surface area (Å²) in [6, 6.07) is 0. The van der Waals surface area contributed by atoms with Gasteiger partial charge in [-0.25, -0.2) is 0 Å². The van der Waals surface area contributed by atoms with Crippen molar-refractivity contribution >= 4 is 6.21 Å². The Morgan fingerprint density at radius 1 is 1.50 bits per heavy atom. The molecule has 0 aromatic carbocycles. The molecule has 0 aromatic heterocycles. The molecule has 0 spiro atoms. The van der Waals surface area contributed by atoms with Crippen molar-refractivity contribution in [3.05, 3.63) is 12.2 Å².